The first kappa shape index (κ1) is 39.8. The molecule has 8 rings (SSSR count). The number of sulfone groups is 1. The fourth-order valence-corrected chi connectivity index (χ4v) is 9.23. The number of hydrogen-bond donors (Lipinski definition) is 5. The van der Waals surface area contributed by atoms with E-state index in [1.54, 1.807) is 52.5 Å². The van der Waals surface area contributed by atoms with E-state index in [1.165, 1.54) is 56.8 Å². The minimum Gasteiger partial charge on any atom is -0.371 e. The number of aliphatic hydroxyl groups is 2. The summed E-state index contributed by atoms with van der Waals surface area (Å²) < 4.78 is 62.5. The molecule has 59 heavy (non-hydrogen) atoms. The molecule has 308 valence electrons. The van der Waals surface area contributed by atoms with Crippen LogP contribution < -0.4 is 15.5 Å². The van der Waals surface area contributed by atoms with E-state index in [0.29, 0.717) is 40.2 Å². The summed E-state index contributed by atoms with van der Waals surface area (Å²) in [5, 5.41) is 45.5. The molecule has 0 saturated carbocycles. The first-order valence-electron chi connectivity index (χ1n) is 19.0. The molecule has 0 unspecified atom stereocenters. The van der Waals surface area contributed by atoms with Gasteiger partial charge in [-0.2, -0.15) is 15.2 Å². The Morgan fingerprint density at radius 2 is 1.81 bits per heavy atom. The van der Waals surface area contributed by atoms with Crippen LogP contribution >= 0.6 is 0 Å². The van der Waals surface area contributed by atoms with Gasteiger partial charge in [-0.05, 0) is 68.7 Å². The molecule has 16 nitrogen and oxygen atoms in total. The smallest absolute Gasteiger partial charge is 0.253 e. The predicted molar refractivity (Wildman–Crippen MR) is 218 cm³/mol. The summed E-state index contributed by atoms with van der Waals surface area (Å²) in [4.78, 5) is 11.9. The lowest BCUT2D eigenvalue weighted by atomic mass is 9.95. The molecule has 1 saturated heterocycles. The minimum absolute atomic E-state index is 0.0593. The number of aromatic nitrogens is 8. The molecular formula is C40H44F2N12O4S. The van der Waals surface area contributed by atoms with Crippen LogP contribution in [0, 0.1) is 17.6 Å². The Hall–Kier alpha value is -6.02. The number of halogens is 2. The molecule has 19 heteroatoms. The average Bonchev–Trinajstić information content (AvgIpc) is 3.95. The molecule has 0 radical (unpaired) electrons. The van der Waals surface area contributed by atoms with Gasteiger partial charge in [-0.1, -0.05) is 26.0 Å². The molecule has 0 atom stereocenters. The lowest BCUT2D eigenvalue weighted by Gasteiger charge is -2.52. The lowest BCUT2D eigenvalue weighted by molar-refractivity contribution is -0.301. The Balaban J connectivity index is 1.02. The third kappa shape index (κ3) is 7.02. The summed E-state index contributed by atoms with van der Waals surface area (Å²) in [5.41, 5.74) is 2.43. The van der Waals surface area contributed by atoms with Gasteiger partial charge in [-0.15, -0.1) is 5.10 Å². The van der Waals surface area contributed by atoms with Crippen LogP contribution in [0.2, 0.25) is 0 Å². The van der Waals surface area contributed by atoms with Crippen molar-refractivity contribution >= 4 is 49.5 Å². The van der Waals surface area contributed by atoms with Gasteiger partial charge in [-0.25, -0.2) is 31.6 Å². The van der Waals surface area contributed by atoms with Crippen molar-refractivity contribution in [3.8, 4) is 11.3 Å². The zero-order chi connectivity index (χ0) is 42.0. The van der Waals surface area contributed by atoms with E-state index in [-0.39, 0.29) is 52.5 Å². The van der Waals surface area contributed by atoms with Gasteiger partial charge in [0.2, 0.25) is 15.8 Å². The molecule has 5 heterocycles. The van der Waals surface area contributed by atoms with Crippen molar-refractivity contribution in [1.82, 2.24) is 44.5 Å². The van der Waals surface area contributed by atoms with Gasteiger partial charge < -0.3 is 25.7 Å². The van der Waals surface area contributed by atoms with Crippen molar-refractivity contribution in [2.45, 2.75) is 55.4 Å². The summed E-state index contributed by atoms with van der Waals surface area (Å²) in [6.45, 7) is 8.25. The van der Waals surface area contributed by atoms with Gasteiger partial charge in [0.15, 0.2) is 17.3 Å². The second-order valence-electron chi connectivity index (χ2n) is 15.7. The van der Waals surface area contributed by atoms with E-state index in [9.17, 15) is 18.6 Å². The number of aryl methyl sites for hydroxylation is 1. The van der Waals surface area contributed by atoms with Crippen LogP contribution in [-0.4, -0.2) is 95.3 Å². The van der Waals surface area contributed by atoms with Crippen LogP contribution in [0.4, 0.5) is 31.9 Å². The number of nitrogens with one attached hydrogen (secondary N) is 3. The van der Waals surface area contributed by atoms with Crippen LogP contribution in [0.25, 0.3) is 27.8 Å². The maximum absolute atomic E-state index is 16.0. The molecule has 5 N–H and O–H groups in total. The number of nitrogens with zero attached hydrogens (tertiary/aromatic N) is 9. The van der Waals surface area contributed by atoms with E-state index in [0.717, 1.165) is 17.2 Å². The van der Waals surface area contributed by atoms with Gasteiger partial charge in [0.05, 0.1) is 33.1 Å². The standard InChI is InChI=1S/C40H44F2N12O4S/c1-23(2)16-29-34(24-19-45-46-20-24)44-22-53-37(29)48-38(50-53)47-31-12-10-27(18-30(31)41)59(57,58)26-9-7-8-25(17-26)40(55,56)54-15-14-52(21-39(54,3)4)32-13-11-28-35(33(32)42)51(6)49-36(28)43-5/h7-13,17-20,22-23,55-56H,14-16,21H2,1-6H3,(H,43,49)(H,45,46)(H,47,50). The molecule has 1 aliphatic heterocycles. The number of piperazine rings is 1. The summed E-state index contributed by atoms with van der Waals surface area (Å²) in [6.07, 6.45) is 5.56. The highest BCUT2D eigenvalue weighted by molar-refractivity contribution is 7.91. The Kier molecular flexibility index (Phi) is 9.89. The minimum atomic E-state index is -4.35. The summed E-state index contributed by atoms with van der Waals surface area (Å²) in [5.74, 6) is -3.04. The third-order valence-electron chi connectivity index (χ3n) is 10.7. The van der Waals surface area contributed by atoms with E-state index < -0.39 is 32.9 Å². The van der Waals surface area contributed by atoms with Gasteiger partial charge in [0.25, 0.3) is 5.91 Å². The monoisotopic (exact) mass is 826 g/mol. The first-order valence-corrected chi connectivity index (χ1v) is 20.4. The van der Waals surface area contributed by atoms with Crippen LogP contribution in [0.1, 0.15) is 38.8 Å². The van der Waals surface area contributed by atoms with Crippen LogP contribution in [0.3, 0.4) is 0 Å². The Bertz CT molecular complexity index is 2820. The first-order chi connectivity index (χ1) is 28.0. The molecule has 0 aliphatic carbocycles. The zero-order valence-corrected chi connectivity index (χ0v) is 34.1. The number of hydrogen-bond acceptors (Lipinski definition) is 13. The summed E-state index contributed by atoms with van der Waals surface area (Å²) in [6, 6.07) is 12.2. The van der Waals surface area contributed by atoms with E-state index >= 15 is 8.78 Å². The van der Waals surface area contributed by atoms with Gasteiger partial charge >= 0.3 is 0 Å². The van der Waals surface area contributed by atoms with Crippen LogP contribution in [-0.2, 0) is 29.2 Å². The Morgan fingerprint density at radius 3 is 2.51 bits per heavy atom. The highest BCUT2D eigenvalue weighted by atomic mass is 32.2. The molecular weight excluding hydrogens is 783 g/mol. The number of fused-ring (bicyclic) bond motifs is 2. The highest BCUT2D eigenvalue weighted by Crippen LogP contribution is 2.38. The molecule has 4 aromatic heterocycles. The van der Waals surface area contributed by atoms with Crippen molar-refractivity contribution < 1.29 is 27.4 Å². The Morgan fingerprint density at radius 1 is 1.03 bits per heavy atom. The predicted octanol–water partition coefficient (Wildman–Crippen LogP) is 5.19. The maximum atomic E-state index is 16.0. The fraction of sp³-hybridized carbons (Fsp3) is 0.325. The van der Waals surface area contributed by atoms with Crippen molar-refractivity contribution in [1.29, 1.82) is 0 Å². The van der Waals surface area contributed by atoms with E-state index in [1.807, 2.05) is 4.90 Å². The van der Waals surface area contributed by atoms with Crippen molar-refractivity contribution in [2.75, 3.05) is 42.2 Å². The van der Waals surface area contributed by atoms with E-state index in [4.69, 9.17) is 0 Å². The average molecular weight is 827 g/mol. The quantitative estimate of drug-likeness (QED) is 0.107. The SMILES string of the molecule is CNc1nn(C)c2c(F)c(N3CCN(C(O)(O)c4cccc(S(=O)(=O)c5ccc(Nc6nc7c(CC(C)C)c(-c8cn[nH]c8)ncn7n6)c(F)c5)c4)C(C)(C)C3)ccc12. The van der Waals surface area contributed by atoms with Crippen molar-refractivity contribution in [2.24, 2.45) is 13.0 Å². The Labute approximate surface area is 338 Å². The number of rotatable bonds is 11. The number of anilines is 4. The van der Waals surface area contributed by atoms with Gasteiger partial charge in [0, 0.05) is 67.5 Å². The fourth-order valence-electron chi connectivity index (χ4n) is 7.92. The normalized spacial score (nSPS) is 15.1. The molecule has 1 aliphatic rings. The molecule has 7 aromatic rings. The number of aromatic amines is 1. The topological polar surface area (TPSA) is 195 Å². The van der Waals surface area contributed by atoms with Crippen molar-refractivity contribution in [3.63, 3.8) is 0 Å². The number of benzene rings is 3. The molecule has 0 bridgehead atoms. The van der Waals surface area contributed by atoms with E-state index in [2.05, 4.69) is 54.8 Å². The molecule has 0 amide bonds. The summed E-state index contributed by atoms with van der Waals surface area (Å²) in [7, 11) is -0.963. The number of H-pyrrole nitrogens is 1. The third-order valence-corrected chi connectivity index (χ3v) is 12.4. The van der Waals surface area contributed by atoms with Gasteiger partial charge in [-0.3, -0.25) is 9.78 Å². The van der Waals surface area contributed by atoms with Gasteiger partial charge in [0.1, 0.15) is 17.7 Å². The van der Waals surface area contributed by atoms with Crippen molar-refractivity contribution in [3.05, 3.63) is 96.1 Å². The largest absolute Gasteiger partial charge is 0.371 e. The molecule has 3 aromatic carbocycles. The van der Waals surface area contributed by atoms with Crippen LogP contribution in [0.5, 0.6) is 0 Å². The second-order valence-corrected chi connectivity index (χ2v) is 17.6. The maximum Gasteiger partial charge on any atom is 0.253 e. The zero-order valence-electron chi connectivity index (χ0n) is 33.2. The lowest BCUT2D eigenvalue weighted by Crippen LogP contribution is -2.66. The second kappa shape index (κ2) is 14.7. The highest BCUT2D eigenvalue weighted by Gasteiger charge is 2.47. The molecule has 0 spiro atoms. The van der Waals surface area contributed by atoms with Crippen LogP contribution in [0.15, 0.2) is 83.1 Å². The molecule has 1 fully saturated rings. The summed E-state index contributed by atoms with van der Waals surface area (Å²) >= 11 is 0.